The minimum atomic E-state index is -0.196. The fourth-order valence-electron chi connectivity index (χ4n) is 2.61. The highest BCUT2D eigenvalue weighted by molar-refractivity contribution is 6.30. The summed E-state index contributed by atoms with van der Waals surface area (Å²) in [5.74, 6) is 0.411. The molecule has 4 heteroatoms. The topological polar surface area (TPSA) is 21.3 Å². The second-order valence-corrected chi connectivity index (χ2v) is 5.58. The zero-order valence-corrected chi connectivity index (χ0v) is 12.2. The smallest absolute Gasteiger partial charge is 0.126 e. The summed E-state index contributed by atoms with van der Waals surface area (Å²) >= 11 is 5.95. The lowest BCUT2D eigenvalue weighted by Crippen LogP contribution is -2.44. The fourth-order valence-corrected chi connectivity index (χ4v) is 2.81. The van der Waals surface area contributed by atoms with E-state index in [4.69, 9.17) is 16.3 Å². The first-order valence-corrected chi connectivity index (χ1v) is 7.23. The normalized spacial score (nSPS) is 18.3. The van der Waals surface area contributed by atoms with Gasteiger partial charge in [-0.05, 0) is 55.5 Å². The van der Waals surface area contributed by atoms with Gasteiger partial charge in [-0.15, -0.1) is 0 Å². The molecule has 0 radical (unpaired) electrons. The van der Waals surface area contributed by atoms with Crippen molar-refractivity contribution in [1.29, 1.82) is 0 Å². The minimum absolute atomic E-state index is 0.135. The van der Waals surface area contributed by atoms with Gasteiger partial charge in [0.15, 0.2) is 0 Å². The van der Waals surface area contributed by atoms with Crippen molar-refractivity contribution in [2.24, 2.45) is 5.92 Å². The molecule has 0 bridgehead atoms. The lowest BCUT2D eigenvalue weighted by Gasteiger charge is -2.27. The molecular weight excluding hydrogens is 265 g/mol. The van der Waals surface area contributed by atoms with E-state index in [1.807, 2.05) is 0 Å². The summed E-state index contributed by atoms with van der Waals surface area (Å²) in [5.41, 5.74) is 0.654. The largest absolute Gasteiger partial charge is 0.380 e. The molecule has 1 aliphatic rings. The van der Waals surface area contributed by atoms with Gasteiger partial charge >= 0.3 is 0 Å². The summed E-state index contributed by atoms with van der Waals surface area (Å²) in [7, 11) is 1.74. The van der Waals surface area contributed by atoms with Gasteiger partial charge in [0.1, 0.15) is 5.82 Å². The van der Waals surface area contributed by atoms with Crippen LogP contribution in [0.2, 0.25) is 5.02 Å². The van der Waals surface area contributed by atoms with Crippen LogP contribution in [0.1, 0.15) is 25.3 Å². The van der Waals surface area contributed by atoms with Gasteiger partial charge in [0.25, 0.3) is 0 Å². The highest BCUT2D eigenvalue weighted by Gasteiger charge is 2.36. The van der Waals surface area contributed by atoms with Crippen molar-refractivity contribution in [3.05, 3.63) is 34.6 Å². The summed E-state index contributed by atoms with van der Waals surface area (Å²) in [6.07, 6.45) is 3.17. The van der Waals surface area contributed by atoms with Crippen molar-refractivity contribution >= 4 is 11.6 Å². The van der Waals surface area contributed by atoms with E-state index < -0.39 is 0 Å². The number of halogens is 2. The van der Waals surface area contributed by atoms with Crippen LogP contribution in [-0.4, -0.2) is 25.8 Å². The van der Waals surface area contributed by atoms with E-state index in [0.717, 1.165) is 6.54 Å². The van der Waals surface area contributed by atoms with Gasteiger partial charge in [-0.2, -0.15) is 0 Å². The standard InChI is InChI=1S/C15H21ClFNO/c1-3-18-14(15(19-2)10-4-5-10)9-11-8-12(16)6-7-13(11)17/h6-8,10,14-15,18H,3-5,9H2,1-2H3. The molecule has 2 atom stereocenters. The molecular formula is C15H21ClFNO. The Kier molecular flexibility index (Phi) is 5.20. The Balaban J connectivity index is 2.12. The van der Waals surface area contributed by atoms with Crippen molar-refractivity contribution in [1.82, 2.24) is 5.32 Å². The van der Waals surface area contributed by atoms with E-state index in [2.05, 4.69) is 12.2 Å². The summed E-state index contributed by atoms with van der Waals surface area (Å²) in [6.45, 7) is 2.90. The first kappa shape index (κ1) is 14.8. The van der Waals surface area contributed by atoms with E-state index in [1.54, 1.807) is 19.2 Å². The number of ether oxygens (including phenoxy) is 1. The Hall–Kier alpha value is -0.640. The van der Waals surface area contributed by atoms with E-state index in [9.17, 15) is 4.39 Å². The maximum Gasteiger partial charge on any atom is 0.126 e. The quantitative estimate of drug-likeness (QED) is 0.829. The molecule has 0 saturated heterocycles. The third-order valence-electron chi connectivity index (χ3n) is 3.67. The van der Waals surface area contributed by atoms with E-state index in [-0.39, 0.29) is 18.0 Å². The monoisotopic (exact) mass is 285 g/mol. The van der Waals surface area contributed by atoms with Gasteiger partial charge in [0, 0.05) is 18.2 Å². The Morgan fingerprint density at radius 1 is 1.47 bits per heavy atom. The van der Waals surface area contributed by atoms with Gasteiger partial charge in [-0.25, -0.2) is 4.39 Å². The number of methoxy groups -OCH3 is 1. The predicted molar refractivity (Wildman–Crippen MR) is 76.1 cm³/mol. The van der Waals surface area contributed by atoms with E-state index >= 15 is 0 Å². The second kappa shape index (κ2) is 6.69. The molecule has 1 aliphatic carbocycles. The molecule has 0 spiro atoms. The summed E-state index contributed by atoms with van der Waals surface area (Å²) in [5, 5.41) is 3.99. The highest BCUT2D eigenvalue weighted by Crippen LogP contribution is 2.36. The van der Waals surface area contributed by atoms with Gasteiger partial charge < -0.3 is 10.1 Å². The third kappa shape index (κ3) is 3.91. The molecule has 106 valence electrons. The number of likely N-dealkylation sites (N-methyl/N-ethyl adjacent to an activating group) is 1. The predicted octanol–water partition coefficient (Wildman–Crippen LogP) is 3.42. The molecule has 0 aliphatic heterocycles. The molecule has 2 unspecified atom stereocenters. The number of rotatable bonds is 7. The van der Waals surface area contributed by atoms with Crippen LogP contribution in [0.3, 0.4) is 0 Å². The molecule has 0 aromatic heterocycles. The maximum absolute atomic E-state index is 13.8. The Bertz CT molecular complexity index is 423. The van der Waals surface area contributed by atoms with Crippen molar-refractivity contribution in [3.63, 3.8) is 0 Å². The van der Waals surface area contributed by atoms with Gasteiger partial charge in [-0.3, -0.25) is 0 Å². The molecule has 2 rings (SSSR count). The summed E-state index contributed by atoms with van der Waals surface area (Å²) < 4.78 is 19.4. The third-order valence-corrected chi connectivity index (χ3v) is 3.90. The summed E-state index contributed by atoms with van der Waals surface area (Å²) in [4.78, 5) is 0. The number of hydrogen-bond donors (Lipinski definition) is 1. The van der Waals surface area contributed by atoms with Crippen molar-refractivity contribution in [3.8, 4) is 0 Å². The van der Waals surface area contributed by atoms with Gasteiger partial charge in [0.2, 0.25) is 0 Å². The first-order valence-electron chi connectivity index (χ1n) is 6.85. The molecule has 1 aromatic carbocycles. The van der Waals surface area contributed by atoms with E-state index in [0.29, 0.717) is 22.9 Å². The van der Waals surface area contributed by atoms with E-state index in [1.165, 1.54) is 18.9 Å². The van der Waals surface area contributed by atoms with Crippen LogP contribution < -0.4 is 5.32 Å². The van der Waals surface area contributed by atoms with Crippen LogP contribution in [0.4, 0.5) is 4.39 Å². The highest BCUT2D eigenvalue weighted by atomic mass is 35.5. The molecule has 1 aromatic rings. The molecule has 0 heterocycles. The molecule has 1 saturated carbocycles. The average molecular weight is 286 g/mol. The molecule has 1 fully saturated rings. The van der Waals surface area contributed by atoms with Crippen LogP contribution >= 0.6 is 11.6 Å². The Labute approximate surface area is 119 Å². The van der Waals surface area contributed by atoms with Crippen LogP contribution in [0, 0.1) is 11.7 Å². The molecule has 1 N–H and O–H groups in total. The van der Waals surface area contributed by atoms with Crippen molar-refractivity contribution < 1.29 is 9.13 Å². The average Bonchev–Trinajstić information content (AvgIpc) is 3.19. The molecule has 2 nitrogen and oxygen atoms in total. The van der Waals surface area contributed by atoms with Gasteiger partial charge in [-0.1, -0.05) is 18.5 Å². The SMILES string of the molecule is CCNC(Cc1cc(Cl)ccc1F)C(OC)C1CC1. The number of hydrogen-bond acceptors (Lipinski definition) is 2. The lowest BCUT2D eigenvalue weighted by molar-refractivity contribution is 0.0513. The summed E-state index contributed by atoms with van der Waals surface area (Å²) in [6, 6.07) is 4.85. The van der Waals surface area contributed by atoms with Crippen LogP contribution in [0.15, 0.2) is 18.2 Å². The Morgan fingerprint density at radius 2 is 2.21 bits per heavy atom. The number of nitrogens with one attached hydrogen (secondary N) is 1. The van der Waals surface area contributed by atoms with Crippen LogP contribution in [-0.2, 0) is 11.2 Å². The molecule has 19 heavy (non-hydrogen) atoms. The Morgan fingerprint density at radius 3 is 2.79 bits per heavy atom. The van der Waals surface area contributed by atoms with Crippen LogP contribution in [0.5, 0.6) is 0 Å². The van der Waals surface area contributed by atoms with Crippen molar-refractivity contribution in [2.75, 3.05) is 13.7 Å². The molecule has 0 amide bonds. The number of benzene rings is 1. The van der Waals surface area contributed by atoms with Crippen molar-refractivity contribution in [2.45, 2.75) is 38.3 Å². The lowest BCUT2D eigenvalue weighted by atomic mass is 9.97. The second-order valence-electron chi connectivity index (χ2n) is 5.14. The van der Waals surface area contributed by atoms with Crippen LogP contribution in [0.25, 0.3) is 0 Å². The van der Waals surface area contributed by atoms with Gasteiger partial charge in [0.05, 0.1) is 6.10 Å². The first-order chi connectivity index (χ1) is 9.15. The minimum Gasteiger partial charge on any atom is -0.380 e. The maximum atomic E-state index is 13.8. The fraction of sp³-hybridized carbons (Fsp3) is 0.600. The zero-order valence-electron chi connectivity index (χ0n) is 11.5. The zero-order chi connectivity index (χ0) is 13.8.